The van der Waals surface area contributed by atoms with Gasteiger partial charge < -0.3 is 19.9 Å². The maximum atomic E-state index is 12.5. The van der Waals surface area contributed by atoms with E-state index in [2.05, 4.69) is 32.5 Å². The van der Waals surface area contributed by atoms with Crippen LogP contribution in [0.3, 0.4) is 0 Å². The summed E-state index contributed by atoms with van der Waals surface area (Å²) in [6.45, 7) is 3.33. The van der Waals surface area contributed by atoms with Crippen molar-refractivity contribution in [1.82, 2.24) is 25.0 Å². The third-order valence-corrected chi connectivity index (χ3v) is 6.56. The average Bonchev–Trinajstić information content (AvgIpc) is 3.37. The van der Waals surface area contributed by atoms with Crippen LogP contribution in [0.25, 0.3) is 5.69 Å². The highest BCUT2D eigenvalue weighted by Gasteiger charge is 2.21. The van der Waals surface area contributed by atoms with Crippen molar-refractivity contribution in [2.45, 2.75) is 11.6 Å². The molecular formula is C24H28N6O3S. The van der Waals surface area contributed by atoms with Gasteiger partial charge in [-0.05, 0) is 36.4 Å². The maximum absolute atomic E-state index is 12.5. The smallest absolute Gasteiger partial charge is 0.230 e. The third kappa shape index (κ3) is 6.07. The number of amides is 2. The lowest BCUT2D eigenvalue weighted by atomic mass is 10.2. The van der Waals surface area contributed by atoms with Crippen LogP contribution in [0.4, 0.5) is 5.69 Å². The number of rotatable bonds is 9. The van der Waals surface area contributed by atoms with E-state index < -0.39 is 0 Å². The van der Waals surface area contributed by atoms with Crippen molar-refractivity contribution in [3.63, 3.8) is 0 Å². The standard InChI is InChI=1S/C24H28N6O3S/c1-33-21-9-7-20(8-10-21)30-18-26-27-24(30)34-17-22(31)25-12-11-23(32)29-15-13-28(14-16-29)19-5-3-2-4-6-19/h2-10,18H,11-17H2,1H3,(H,25,31). The number of nitrogens with one attached hydrogen (secondary N) is 1. The molecule has 0 spiro atoms. The minimum absolute atomic E-state index is 0.0694. The van der Waals surface area contributed by atoms with Gasteiger partial charge in [0, 0.05) is 50.5 Å². The first-order chi connectivity index (χ1) is 16.6. The van der Waals surface area contributed by atoms with Crippen LogP contribution in [0.2, 0.25) is 0 Å². The minimum Gasteiger partial charge on any atom is -0.497 e. The Labute approximate surface area is 203 Å². The molecule has 1 saturated heterocycles. The maximum Gasteiger partial charge on any atom is 0.230 e. The third-order valence-electron chi connectivity index (χ3n) is 5.61. The summed E-state index contributed by atoms with van der Waals surface area (Å²) in [5.74, 6) is 0.882. The predicted octanol–water partition coefficient (Wildman–Crippen LogP) is 2.22. The largest absolute Gasteiger partial charge is 0.497 e. The van der Waals surface area contributed by atoms with Gasteiger partial charge in [0.15, 0.2) is 5.16 Å². The second-order valence-corrected chi connectivity index (χ2v) is 8.72. The molecule has 0 unspecified atom stereocenters. The van der Waals surface area contributed by atoms with E-state index in [4.69, 9.17) is 4.74 Å². The lowest BCUT2D eigenvalue weighted by Gasteiger charge is -2.36. The topological polar surface area (TPSA) is 92.6 Å². The van der Waals surface area contributed by atoms with Gasteiger partial charge in [-0.25, -0.2) is 0 Å². The van der Waals surface area contributed by atoms with Crippen molar-refractivity contribution in [3.05, 3.63) is 60.9 Å². The number of nitrogens with zero attached hydrogens (tertiary/aromatic N) is 5. The van der Waals surface area contributed by atoms with Crippen LogP contribution in [0.15, 0.2) is 66.1 Å². The highest BCUT2D eigenvalue weighted by atomic mass is 32.2. The second kappa shape index (κ2) is 11.6. The van der Waals surface area contributed by atoms with Crippen LogP contribution in [0, 0.1) is 0 Å². The Hall–Kier alpha value is -3.53. The van der Waals surface area contributed by atoms with Crippen LogP contribution in [-0.4, -0.2) is 77.1 Å². The number of benzene rings is 2. The van der Waals surface area contributed by atoms with E-state index in [0.29, 0.717) is 31.2 Å². The van der Waals surface area contributed by atoms with Crippen molar-refractivity contribution in [1.29, 1.82) is 0 Å². The summed E-state index contributed by atoms with van der Waals surface area (Å²) in [6.07, 6.45) is 1.90. The summed E-state index contributed by atoms with van der Waals surface area (Å²) < 4.78 is 7.00. The molecule has 2 aromatic carbocycles. The fourth-order valence-corrected chi connectivity index (χ4v) is 4.50. The molecule has 2 amide bonds. The van der Waals surface area contributed by atoms with Gasteiger partial charge in [-0.1, -0.05) is 30.0 Å². The lowest BCUT2D eigenvalue weighted by molar-refractivity contribution is -0.131. The summed E-state index contributed by atoms with van der Waals surface area (Å²) >= 11 is 1.30. The van der Waals surface area contributed by atoms with Gasteiger partial charge in [-0.3, -0.25) is 14.2 Å². The number of methoxy groups -OCH3 is 1. The number of aromatic nitrogens is 3. The molecule has 10 heteroatoms. The van der Waals surface area contributed by atoms with Gasteiger partial charge in [0.2, 0.25) is 11.8 Å². The number of carbonyl (C=O) groups excluding carboxylic acids is 2. The molecule has 0 bridgehead atoms. The number of hydrogen-bond donors (Lipinski definition) is 1. The Bertz CT molecular complexity index is 1080. The Morgan fingerprint density at radius 1 is 1.00 bits per heavy atom. The zero-order chi connectivity index (χ0) is 23.8. The van der Waals surface area contributed by atoms with Crippen LogP contribution in [0.5, 0.6) is 5.75 Å². The van der Waals surface area contributed by atoms with Crippen LogP contribution < -0.4 is 15.0 Å². The molecule has 0 radical (unpaired) electrons. The molecule has 9 nitrogen and oxygen atoms in total. The quantitative estimate of drug-likeness (QED) is 0.470. The van der Waals surface area contributed by atoms with Crippen molar-refractivity contribution in [3.8, 4) is 11.4 Å². The van der Waals surface area contributed by atoms with E-state index in [0.717, 1.165) is 24.5 Å². The van der Waals surface area contributed by atoms with Gasteiger partial charge in [0.1, 0.15) is 12.1 Å². The SMILES string of the molecule is COc1ccc(-n2cnnc2SCC(=O)NCCC(=O)N2CCN(c3ccccc3)CC2)cc1. The number of ether oxygens (including phenoxy) is 1. The minimum atomic E-state index is -0.143. The summed E-state index contributed by atoms with van der Waals surface area (Å²) in [5.41, 5.74) is 2.06. The lowest BCUT2D eigenvalue weighted by Crippen LogP contribution is -2.49. The highest BCUT2D eigenvalue weighted by Crippen LogP contribution is 2.21. The fraction of sp³-hybridized carbons (Fsp3) is 0.333. The normalized spacial score (nSPS) is 13.6. The van der Waals surface area contributed by atoms with Crippen LogP contribution >= 0.6 is 11.8 Å². The van der Waals surface area contributed by atoms with E-state index >= 15 is 0 Å². The predicted molar refractivity (Wildman–Crippen MR) is 131 cm³/mol. The fourth-order valence-electron chi connectivity index (χ4n) is 3.74. The van der Waals surface area contributed by atoms with Crippen molar-refractivity contribution in [2.24, 2.45) is 0 Å². The first-order valence-electron chi connectivity index (χ1n) is 11.2. The Morgan fingerprint density at radius 2 is 1.74 bits per heavy atom. The van der Waals surface area contributed by atoms with Crippen LogP contribution in [0.1, 0.15) is 6.42 Å². The molecule has 1 aromatic heterocycles. The number of thioether (sulfide) groups is 1. The van der Waals surface area contributed by atoms with Crippen molar-refractivity contribution in [2.75, 3.05) is 50.5 Å². The molecular weight excluding hydrogens is 452 g/mol. The van der Waals surface area contributed by atoms with E-state index in [-0.39, 0.29) is 17.6 Å². The second-order valence-electron chi connectivity index (χ2n) is 7.77. The Balaban J connectivity index is 1.17. The van der Waals surface area contributed by atoms with Gasteiger partial charge >= 0.3 is 0 Å². The molecule has 0 aliphatic carbocycles. The van der Waals surface area contributed by atoms with Crippen molar-refractivity contribution >= 4 is 29.3 Å². The van der Waals surface area contributed by atoms with Crippen LogP contribution in [-0.2, 0) is 9.59 Å². The van der Waals surface area contributed by atoms with Crippen molar-refractivity contribution < 1.29 is 14.3 Å². The van der Waals surface area contributed by atoms with Gasteiger partial charge in [0.05, 0.1) is 12.9 Å². The Morgan fingerprint density at radius 3 is 2.44 bits per heavy atom. The monoisotopic (exact) mass is 480 g/mol. The molecule has 1 fully saturated rings. The number of anilines is 1. The summed E-state index contributed by atoms with van der Waals surface area (Å²) in [6, 6.07) is 17.7. The van der Waals surface area contributed by atoms with Gasteiger partial charge in [-0.2, -0.15) is 0 Å². The number of carbonyl (C=O) groups is 2. The molecule has 1 N–H and O–H groups in total. The average molecular weight is 481 g/mol. The molecule has 3 aromatic rings. The summed E-state index contributed by atoms with van der Waals surface area (Å²) in [5, 5.41) is 11.5. The number of piperazine rings is 1. The number of para-hydroxylation sites is 1. The molecule has 1 aliphatic heterocycles. The molecule has 4 rings (SSSR count). The molecule has 1 aliphatic rings. The summed E-state index contributed by atoms with van der Waals surface area (Å²) in [4.78, 5) is 29.0. The number of hydrogen-bond acceptors (Lipinski definition) is 7. The first-order valence-corrected chi connectivity index (χ1v) is 12.1. The van der Waals surface area contributed by atoms with E-state index in [1.807, 2.05) is 51.9 Å². The molecule has 0 saturated carbocycles. The van der Waals surface area contributed by atoms with E-state index in [1.54, 1.807) is 13.4 Å². The van der Waals surface area contributed by atoms with Gasteiger partial charge in [-0.15, -0.1) is 10.2 Å². The molecule has 0 atom stereocenters. The summed E-state index contributed by atoms with van der Waals surface area (Å²) in [7, 11) is 1.62. The van der Waals surface area contributed by atoms with E-state index in [9.17, 15) is 9.59 Å². The van der Waals surface area contributed by atoms with E-state index in [1.165, 1.54) is 17.4 Å². The molecule has 34 heavy (non-hydrogen) atoms. The first kappa shape index (κ1) is 23.6. The zero-order valence-corrected chi connectivity index (χ0v) is 19.9. The molecule has 2 heterocycles. The molecule has 178 valence electrons. The zero-order valence-electron chi connectivity index (χ0n) is 19.1. The highest BCUT2D eigenvalue weighted by molar-refractivity contribution is 7.99. The Kier molecular flexibility index (Phi) is 8.03. The van der Waals surface area contributed by atoms with Gasteiger partial charge in [0.25, 0.3) is 0 Å².